The molecule has 1 aromatic heterocycles. The second kappa shape index (κ2) is 5.98. The summed E-state index contributed by atoms with van der Waals surface area (Å²) in [6.07, 6.45) is 1.29. The summed E-state index contributed by atoms with van der Waals surface area (Å²) in [4.78, 5) is 14.0. The van der Waals surface area contributed by atoms with Gasteiger partial charge >= 0.3 is 0 Å². The molecule has 1 heterocycles. The topological polar surface area (TPSA) is 111 Å². The van der Waals surface area contributed by atoms with Crippen molar-refractivity contribution in [2.45, 2.75) is 11.8 Å². The van der Waals surface area contributed by atoms with Crippen molar-refractivity contribution >= 4 is 21.4 Å². The molecule has 0 aliphatic carbocycles. The van der Waals surface area contributed by atoms with Crippen molar-refractivity contribution in [2.75, 3.05) is 11.8 Å². The van der Waals surface area contributed by atoms with E-state index in [0.29, 0.717) is 11.4 Å². The summed E-state index contributed by atoms with van der Waals surface area (Å²) in [5.74, 6) is 0.342. The predicted octanol–water partition coefficient (Wildman–Crippen LogP) is 2.11. The number of nitro groups is 1. The van der Waals surface area contributed by atoms with Gasteiger partial charge in [-0.1, -0.05) is 6.07 Å². The molecule has 0 unspecified atom stereocenters. The van der Waals surface area contributed by atoms with Crippen LogP contribution in [0.2, 0.25) is 0 Å². The van der Waals surface area contributed by atoms with Gasteiger partial charge in [0.2, 0.25) is 5.88 Å². The minimum Gasteiger partial charge on any atom is -0.481 e. The van der Waals surface area contributed by atoms with E-state index >= 15 is 0 Å². The molecule has 0 aliphatic rings. The number of rotatable bonds is 5. The van der Waals surface area contributed by atoms with Crippen LogP contribution in [-0.2, 0) is 10.0 Å². The van der Waals surface area contributed by atoms with Crippen LogP contribution in [0.1, 0.15) is 5.56 Å². The van der Waals surface area contributed by atoms with E-state index in [2.05, 4.69) is 9.71 Å². The molecule has 0 radical (unpaired) electrons. The Hall–Kier alpha value is -2.68. The summed E-state index contributed by atoms with van der Waals surface area (Å²) in [6, 6.07) is 6.69. The van der Waals surface area contributed by atoms with Crippen LogP contribution in [0, 0.1) is 17.0 Å². The van der Waals surface area contributed by atoms with Gasteiger partial charge in [-0.25, -0.2) is 13.4 Å². The van der Waals surface area contributed by atoms with Gasteiger partial charge in [-0.05, 0) is 19.1 Å². The van der Waals surface area contributed by atoms with E-state index in [-0.39, 0.29) is 16.3 Å². The standard InChI is InChI=1S/C13H13N3O5S/c1-9-3-5-11(7-12(9)16(17)18)22(19,20)15-10-4-6-13(21-2)14-8-10/h3-8,15H,1-2H3. The van der Waals surface area contributed by atoms with Crippen LogP contribution in [0.4, 0.5) is 11.4 Å². The molecule has 1 aromatic carbocycles. The van der Waals surface area contributed by atoms with E-state index < -0.39 is 14.9 Å². The van der Waals surface area contributed by atoms with Crippen molar-refractivity contribution in [3.8, 4) is 5.88 Å². The number of nitrogens with zero attached hydrogens (tertiary/aromatic N) is 2. The molecule has 0 spiro atoms. The van der Waals surface area contributed by atoms with E-state index in [1.54, 1.807) is 0 Å². The molecule has 2 aromatic rings. The van der Waals surface area contributed by atoms with Crippen molar-refractivity contribution in [3.63, 3.8) is 0 Å². The molecule has 9 heteroatoms. The van der Waals surface area contributed by atoms with Crippen molar-refractivity contribution in [1.29, 1.82) is 0 Å². The summed E-state index contributed by atoms with van der Waals surface area (Å²) in [7, 11) is -2.50. The molecule has 0 saturated carbocycles. The van der Waals surface area contributed by atoms with Crippen molar-refractivity contribution in [2.24, 2.45) is 0 Å². The molecule has 0 fully saturated rings. The number of ether oxygens (including phenoxy) is 1. The number of hydrogen-bond acceptors (Lipinski definition) is 6. The molecule has 0 saturated heterocycles. The Morgan fingerprint density at radius 1 is 1.27 bits per heavy atom. The van der Waals surface area contributed by atoms with Crippen LogP contribution in [0.5, 0.6) is 5.88 Å². The Labute approximate surface area is 127 Å². The van der Waals surface area contributed by atoms with Crippen LogP contribution in [0.3, 0.4) is 0 Å². The third-order valence-electron chi connectivity index (χ3n) is 2.89. The summed E-state index contributed by atoms with van der Waals surface area (Å²) in [6.45, 7) is 1.54. The number of anilines is 1. The number of aromatic nitrogens is 1. The number of nitro benzene ring substituents is 1. The molecule has 8 nitrogen and oxygen atoms in total. The van der Waals surface area contributed by atoms with Gasteiger partial charge < -0.3 is 4.74 Å². The minimum absolute atomic E-state index is 0.194. The molecule has 0 aliphatic heterocycles. The first kappa shape index (κ1) is 15.7. The lowest BCUT2D eigenvalue weighted by molar-refractivity contribution is -0.385. The van der Waals surface area contributed by atoms with E-state index in [9.17, 15) is 18.5 Å². The number of nitrogens with one attached hydrogen (secondary N) is 1. The Kier molecular flexibility index (Phi) is 4.27. The maximum absolute atomic E-state index is 12.2. The smallest absolute Gasteiger partial charge is 0.273 e. The molecular weight excluding hydrogens is 310 g/mol. The van der Waals surface area contributed by atoms with Gasteiger partial charge in [0.05, 0.1) is 28.8 Å². The van der Waals surface area contributed by atoms with Gasteiger partial charge in [0.1, 0.15) is 0 Å². The lowest BCUT2D eigenvalue weighted by Gasteiger charge is -2.08. The largest absolute Gasteiger partial charge is 0.481 e. The highest BCUT2D eigenvalue weighted by Crippen LogP contribution is 2.24. The first-order valence-corrected chi connectivity index (χ1v) is 7.60. The molecule has 116 valence electrons. The van der Waals surface area contributed by atoms with Gasteiger partial charge in [-0.15, -0.1) is 0 Å². The first-order valence-electron chi connectivity index (χ1n) is 6.11. The number of sulfonamides is 1. The van der Waals surface area contributed by atoms with Gasteiger partial charge in [0.15, 0.2) is 0 Å². The highest BCUT2D eigenvalue weighted by atomic mass is 32.2. The quantitative estimate of drug-likeness (QED) is 0.666. The predicted molar refractivity (Wildman–Crippen MR) is 79.4 cm³/mol. The Morgan fingerprint density at radius 2 is 2.00 bits per heavy atom. The summed E-state index contributed by atoms with van der Waals surface area (Å²) in [5, 5.41) is 10.9. The minimum atomic E-state index is -3.94. The number of pyridine rings is 1. The zero-order chi connectivity index (χ0) is 16.3. The monoisotopic (exact) mass is 323 g/mol. The SMILES string of the molecule is COc1ccc(NS(=O)(=O)c2ccc(C)c([N+](=O)[O-])c2)cn1. The summed E-state index contributed by atoms with van der Waals surface area (Å²) >= 11 is 0. The molecule has 0 bridgehead atoms. The Morgan fingerprint density at radius 3 is 2.55 bits per heavy atom. The Balaban J connectivity index is 2.33. The summed E-state index contributed by atoms with van der Waals surface area (Å²) < 4.78 is 31.7. The van der Waals surface area contributed by atoms with Crippen LogP contribution in [0.25, 0.3) is 0 Å². The lowest BCUT2D eigenvalue weighted by atomic mass is 10.2. The van der Waals surface area contributed by atoms with E-state index in [4.69, 9.17) is 4.74 Å². The average Bonchev–Trinajstić information content (AvgIpc) is 2.47. The van der Waals surface area contributed by atoms with Gasteiger partial charge in [-0.3, -0.25) is 14.8 Å². The first-order chi connectivity index (χ1) is 10.3. The van der Waals surface area contributed by atoms with Crippen LogP contribution in [-0.4, -0.2) is 25.4 Å². The van der Waals surface area contributed by atoms with Gasteiger partial charge in [0, 0.05) is 17.7 Å². The fourth-order valence-electron chi connectivity index (χ4n) is 1.73. The second-order valence-electron chi connectivity index (χ2n) is 4.40. The third kappa shape index (κ3) is 3.31. The normalized spacial score (nSPS) is 11.0. The fraction of sp³-hybridized carbons (Fsp3) is 0.154. The summed E-state index contributed by atoms with van der Waals surface area (Å²) in [5.41, 5.74) is 0.356. The number of hydrogen-bond donors (Lipinski definition) is 1. The van der Waals surface area contributed by atoms with E-state index in [0.717, 1.165) is 6.07 Å². The van der Waals surface area contributed by atoms with Crippen LogP contribution >= 0.6 is 0 Å². The van der Waals surface area contributed by atoms with Gasteiger partial charge in [0.25, 0.3) is 15.7 Å². The highest BCUT2D eigenvalue weighted by molar-refractivity contribution is 7.92. The zero-order valence-corrected chi connectivity index (χ0v) is 12.6. The van der Waals surface area contributed by atoms with E-state index in [1.807, 2.05) is 0 Å². The van der Waals surface area contributed by atoms with E-state index in [1.165, 1.54) is 44.5 Å². The van der Waals surface area contributed by atoms with Crippen LogP contribution < -0.4 is 9.46 Å². The second-order valence-corrected chi connectivity index (χ2v) is 6.08. The molecule has 1 N–H and O–H groups in total. The molecule has 0 amide bonds. The number of aryl methyl sites for hydroxylation is 1. The maximum Gasteiger partial charge on any atom is 0.273 e. The number of benzene rings is 1. The highest BCUT2D eigenvalue weighted by Gasteiger charge is 2.20. The van der Waals surface area contributed by atoms with Crippen molar-refractivity contribution in [1.82, 2.24) is 4.98 Å². The molecule has 22 heavy (non-hydrogen) atoms. The molecule has 2 rings (SSSR count). The number of methoxy groups -OCH3 is 1. The van der Waals surface area contributed by atoms with Crippen molar-refractivity contribution in [3.05, 3.63) is 52.2 Å². The van der Waals surface area contributed by atoms with Gasteiger partial charge in [-0.2, -0.15) is 0 Å². The average molecular weight is 323 g/mol. The maximum atomic E-state index is 12.2. The Bertz CT molecular complexity index is 803. The lowest BCUT2D eigenvalue weighted by Crippen LogP contribution is -2.13. The third-order valence-corrected chi connectivity index (χ3v) is 4.26. The zero-order valence-electron chi connectivity index (χ0n) is 11.8. The van der Waals surface area contributed by atoms with Crippen LogP contribution in [0.15, 0.2) is 41.4 Å². The fourth-order valence-corrected chi connectivity index (χ4v) is 2.79. The molecular formula is C13H13N3O5S. The molecule has 0 atom stereocenters. The van der Waals surface area contributed by atoms with Crippen molar-refractivity contribution < 1.29 is 18.1 Å².